The molecule has 166 valence electrons. The molecule has 1 aliphatic rings. The van der Waals surface area contributed by atoms with Gasteiger partial charge in [0.05, 0.1) is 0 Å². The molecular formula is C29H29F3. The first-order valence-corrected chi connectivity index (χ1v) is 11.5. The molecule has 0 spiro atoms. The Morgan fingerprint density at radius 1 is 0.781 bits per heavy atom. The first-order valence-electron chi connectivity index (χ1n) is 11.5. The molecule has 0 nitrogen and oxygen atoms in total. The van der Waals surface area contributed by atoms with Crippen molar-refractivity contribution in [2.24, 2.45) is 5.92 Å². The lowest BCUT2D eigenvalue weighted by Gasteiger charge is -2.26. The van der Waals surface area contributed by atoms with Crippen molar-refractivity contribution in [3.8, 4) is 22.3 Å². The van der Waals surface area contributed by atoms with E-state index in [-0.39, 0.29) is 11.4 Å². The van der Waals surface area contributed by atoms with Crippen molar-refractivity contribution in [3.05, 3.63) is 95.3 Å². The molecule has 3 aromatic carbocycles. The molecule has 1 fully saturated rings. The summed E-state index contributed by atoms with van der Waals surface area (Å²) in [7, 11) is 0. The van der Waals surface area contributed by atoms with E-state index in [0.29, 0.717) is 29.0 Å². The molecule has 0 atom stereocenters. The summed E-state index contributed by atoms with van der Waals surface area (Å²) in [6.45, 7) is 4.12. The van der Waals surface area contributed by atoms with Crippen LogP contribution in [0.1, 0.15) is 56.6 Å². The molecule has 0 aromatic heterocycles. The van der Waals surface area contributed by atoms with E-state index in [1.165, 1.54) is 12.8 Å². The molecule has 0 bridgehead atoms. The highest BCUT2D eigenvalue weighted by Gasteiger charge is 2.21. The lowest BCUT2D eigenvalue weighted by Crippen LogP contribution is -2.11. The fourth-order valence-corrected chi connectivity index (χ4v) is 4.66. The third kappa shape index (κ3) is 4.67. The monoisotopic (exact) mass is 434 g/mol. The summed E-state index contributed by atoms with van der Waals surface area (Å²) in [6.07, 6.45) is 8.58. The van der Waals surface area contributed by atoms with Crippen LogP contribution in [0.4, 0.5) is 13.2 Å². The quantitative estimate of drug-likeness (QED) is 0.352. The Kier molecular flexibility index (Phi) is 6.83. The Morgan fingerprint density at radius 3 is 2.03 bits per heavy atom. The van der Waals surface area contributed by atoms with E-state index in [4.69, 9.17) is 0 Å². The maximum Gasteiger partial charge on any atom is 0.166 e. The fourth-order valence-electron chi connectivity index (χ4n) is 4.66. The average molecular weight is 435 g/mol. The number of hydrogen-bond acceptors (Lipinski definition) is 0. The van der Waals surface area contributed by atoms with Crippen LogP contribution in [0.5, 0.6) is 0 Å². The Morgan fingerprint density at radius 2 is 1.41 bits per heavy atom. The van der Waals surface area contributed by atoms with Gasteiger partial charge in [-0.05, 0) is 66.3 Å². The van der Waals surface area contributed by atoms with Crippen molar-refractivity contribution < 1.29 is 13.2 Å². The second-order valence-electron chi connectivity index (χ2n) is 8.95. The molecule has 3 heteroatoms. The molecule has 32 heavy (non-hydrogen) atoms. The second-order valence-corrected chi connectivity index (χ2v) is 8.95. The van der Waals surface area contributed by atoms with E-state index in [0.717, 1.165) is 29.9 Å². The lowest BCUT2D eigenvalue weighted by molar-refractivity contribution is 0.347. The van der Waals surface area contributed by atoms with Crippen molar-refractivity contribution in [1.29, 1.82) is 0 Å². The van der Waals surface area contributed by atoms with Crippen molar-refractivity contribution in [1.82, 2.24) is 0 Å². The number of hydrogen-bond donors (Lipinski definition) is 0. The van der Waals surface area contributed by atoms with Gasteiger partial charge >= 0.3 is 0 Å². The van der Waals surface area contributed by atoms with Gasteiger partial charge in [0, 0.05) is 11.1 Å². The highest BCUT2D eigenvalue weighted by molar-refractivity contribution is 5.71. The molecule has 0 heterocycles. The van der Waals surface area contributed by atoms with Crippen molar-refractivity contribution in [2.45, 2.75) is 51.9 Å². The zero-order chi connectivity index (χ0) is 22.7. The molecule has 0 N–H and O–H groups in total. The van der Waals surface area contributed by atoms with Gasteiger partial charge in [-0.3, -0.25) is 0 Å². The highest BCUT2D eigenvalue weighted by atomic mass is 19.2. The van der Waals surface area contributed by atoms with Gasteiger partial charge in [0.2, 0.25) is 0 Å². The third-order valence-corrected chi connectivity index (χ3v) is 6.72. The highest BCUT2D eigenvalue weighted by Crippen LogP contribution is 2.37. The zero-order valence-corrected chi connectivity index (χ0v) is 18.7. The predicted octanol–water partition coefficient (Wildman–Crippen LogP) is 8.85. The molecule has 0 aliphatic heterocycles. The number of halogens is 3. The van der Waals surface area contributed by atoms with E-state index < -0.39 is 11.6 Å². The third-order valence-electron chi connectivity index (χ3n) is 6.72. The van der Waals surface area contributed by atoms with Crippen molar-refractivity contribution in [2.75, 3.05) is 0 Å². The minimum atomic E-state index is -0.850. The van der Waals surface area contributed by atoms with Crippen molar-refractivity contribution >= 4 is 0 Å². The molecule has 1 saturated carbocycles. The number of allylic oxidation sites excluding steroid dienone is 2. The van der Waals surface area contributed by atoms with Crippen LogP contribution in [0.15, 0.2) is 66.7 Å². The molecular weight excluding hydrogens is 405 g/mol. The van der Waals surface area contributed by atoms with Crippen LogP contribution < -0.4 is 0 Å². The van der Waals surface area contributed by atoms with E-state index in [2.05, 4.69) is 6.92 Å². The minimum absolute atomic E-state index is 0.209. The fraction of sp³-hybridized carbons (Fsp3) is 0.310. The van der Waals surface area contributed by atoms with E-state index in [1.807, 2.05) is 25.1 Å². The summed E-state index contributed by atoms with van der Waals surface area (Å²) >= 11 is 0. The number of rotatable bonds is 5. The summed E-state index contributed by atoms with van der Waals surface area (Å²) < 4.78 is 44.0. The van der Waals surface area contributed by atoms with E-state index >= 15 is 0 Å². The molecule has 0 unspecified atom stereocenters. The van der Waals surface area contributed by atoms with Crippen LogP contribution in [0.25, 0.3) is 22.3 Å². The molecule has 3 aromatic rings. The standard InChI is InChI=1S/C29H29F3/c1-3-4-5-23-14-17-26(29(32)28(23)31)22-12-10-21(11-13-22)25-16-15-24(18-27(25)30)20-8-6-19(2)7-9-20/h3-4,10-20H,5-9H2,1-2H3/b4-3-. The second kappa shape index (κ2) is 9.77. The SMILES string of the molecule is C/C=C\Cc1ccc(-c2ccc(-c3ccc(C4CCC(C)CC4)cc3F)cc2)c(F)c1F. The molecule has 0 radical (unpaired) electrons. The normalized spacial score (nSPS) is 18.9. The maximum absolute atomic E-state index is 14.9. The zero-order valence-electron chi connectivity index (χ0n) is 18.7. The van der Waals surface area contributed by atoms with Crippen LogP contribution >= 0.6 is 0 Å². The van der Waals surface area contributed by atoms with Crippen LogP contribution in [-0.4, -0.2) is 0 Å². The van der Waals surface area contributed by atoms with E-state index in [1.54, 1.807) is 48.5 Å². The van der Waals surface area contributed by atoms with Crippen LogP contribution in [0, 0.1) is 23.4 Å². The van der Waals surface area contributed by atoms with Crippen molar-refractivity contribution in [3.63, 3.8) is 0 Å². The van der Waals surface area contributed by atoms with Gasteiger partial charge in [0.25, 0.3) is 0 Å². The Labute approximate surface area is 188 Å². The molecule has 0 amide bonds. The summed E-state index contributed by atoms with van der Waals surface area (Å²) in [5, 5.41) is 0. The van der Waals surface area contributed by atoms with Crippen LogP contribution in [0.3, 0.4) is 0 Å². The van der Waals surface area contributed by atoms with Gasteiger partial charge in [-0.15, -0.1) is 0 Å². The molecule has 1 aliphatic carbocycles. The van der Waals surface area contributed by atoms with Gasteiger partial charge in [-0.25, -0.2) is 13.2 Å². The lowest BCUT2D eigenvalue weighted by atomic mass is 9.79. The largest absolute Gasteiger partial charge is 0.206 e. The smallest absolute Gasteiger partial charge is 0.166 e. The van der Waals surface area contributed by atoms with Gasteiger partial charge in [0.15, 0.2) is 11.6 Å². The Hall–Kier alpha value is -2.81. The average Bonchev–Trinajstić information content (AvgIpc) is 2.81. The Bertz CT molecular complexity index is 1100. The summed E-state index contributed by atoms with van der Waals surface area (Å²) in [5.41, 5.74) is 3.43. The summed E-state index contributed by atoms with van der Waals surface area (Å²) in [4.78, 5) is 0. The van der Waals surface area contributed by atoms with E-state index in [9.17, 15) is 13.2 Å². The Balaban J connectivity index is 1.56. The molecule has 0 saturated heterocycles. The summed E-state index contributed by atoms with van der Waals surface area (Å²) in [6, 6.07) is 15.7. The first kappa shape index (κ1) is 22.4. The predicted molar refractivity (Wildman–Crippen MR) is 126 cm³/mol. The van der Waals surface area contributed by atoms with Crippen LogP contribution in [-0.2, 0) is 6.42 Å². The first-order chi connectivity index (χ1) is 15.5. The molecule has 4 rings (SSSR count). The van der Waals surface area contributed by atoms with Gasteiger partial charge in [-0.2, -0.15) is 0 Å². The number of benzene rings is 3. The summed E-state index contributed by atoms with van der Waals surface area (Å²) in [5.74, 6) is -0.706. The minimum Gasteiger partial charge on any atom is -0.206 e. The van der Waals surface area contributed by atoms with Gasteiger partial charge in [-0.1, -0.05) is 80.4 Å². The van der Waals surface area contributed by atoms with Crippen LogP contribution in [0.2, 0.25) is 0 Å². The van der Waals surface area contributed by atoms with Gasteiger partial charge in [0.1, 0.15) is 5.82 Å². The van der Waals surface area contributed by atoms with Gasteiger partial charge < -0.3 is 0 Å². The maximum atomic E-state index is 14.9. The topological polar surface area (TPSA) is 0 Å².